The lowest BCUT2D eigenvalue weighted by Gasteiger charge is -2.12. The Hall–Kier alpha value is -1.37. The van der Waals surface area contributed by atoms with Gasteiger partial charge in [0.05, 0.1) is 16.9 Å². The zero-order chi connectivity index (χ0) is 15.3. The van der Waals surface area contributed by atoms with Gasteiger partial charge in [0.25, 0.3) is 0 Å². The molecule has 1 aromatic rings. The number of anilines is 2. The van der Waals surface area contributed by atoms with Crippen molar-refractivity contribution in [2.24, 2.45) is 0 Å². The quantitative estimate of drug-likeness (QED) is 0.814. The summed E-state index contributed by atoms with van der Waals surface area (Å²) in [6.45, 7) is 4.05. The molecule has 0 atom stereocenters. The van der Waals surface area contributed by atoms with E-state index in [0.717, 1.165) is 12.1 Å². The third-order valence-electron chi connectivity index (χ3n) is 2.43. The number of hydrogen-bond donors (Lipinski definition) is 2. The number of rotatable bonds is 5. The van der Waals surface area contributed by atoms with E-state index in [1.54, 1.807) is 11.8 Å². The largest absolute Gasteiger partial charge is 0.416 e. The molecule has 0 saturated heterocycles. The highest BCUT2D eigenvalue weighted by Crippen LogP contribution is 2.32. The molecule has 1 rings (SSSR count). The molecule has 20 heavy (non-hydrogen) atoms. The molecule has 0 aliphatic heterocycles. The van der Waals surface area contributed by atoms with Crippen molar-refractivity contribution in [1.82, 2.24) is 0 Å². The van der Waals surface area contributed by atoms with Gasteiger partial charge in [-0.2, -0.15) is 24.9 Å². The van der Waals surface area contributed by atoms with Crippen molar-refractivity contribution in [3.8, 4) is 0 Å². The SMILES string of the molecule is CC(C)SCCC(=O)Nc1ccc(C(F)(F)F)cc1N. The number of carbonyl (C=O) groups is 1. The summed E-state index contributed by atoms with van der Waals surface area (Å²) in [5.74, 6) is 0.397. The van der Waals surface area contributed by atoms with E-state index in [9.17, 15) is 18.0 Å². The number of nitrogen functional groups attached to an aromatic ring is 1. The van der Waals surface area contributed by atoms with Gasteiger partial charge in [0.2, 0.25) is 5.91 Å². The van der Waals surface area contributed by atoms with Gasteiger partial charge >= 0.3 is 6.18 Å². The molecule has 0 aromatic heterocycles. The van der Waals surface area contributed by atoms with Gasteiger partial charge in [0, 0.05) is 12.2 Å². The fourth-order valence-electron chi connectivity index (χ4n) is 1.45. The number of nitrogens with one attached hydrogen (secondary N) is 1. The molecule has 0 fully saturated rings. The highest BCUT2D eigenvalue weighted by Gasteiger charge is 2.30. The number of alkyl halides is 3. The van der Waals surface area contributed by atoms with Crippen LogP contribution < -0.4 is 11.1 Å². The summed E-state index contributed by atoms with van der Waals surface area (Å²) in [4.78, 5) is 11.6. The van der Waals surface area contributed by atoms with Crippen LogP contribution in [0.1, 0.15) is 25.8 Å². The van der Waals surface area contributed by atoms with E-state index in [0.29, 0.717) is 17.4 Å². The summed E-state index contributed by atoms with van der Waals surface area (Å²) in [6, 6.07) is 2.89. The van der Waals surface area contributed by atoms with Gasteiger partial charge in [-0.05, 0) is 23.4 Å². The van der Waals surface area contributed by atoms with Crippen LogP contribution in [0.5, 0.6) is 0 Å². The summed E-state index contributed by atoms with van der Waals surface area (Å²) >= 11 is 1.64. The normalized spacial score (nSPS) is 11.7. The first-order valence-corrected chi connectivity index (χ1v) is 7.13. The van der Waals surface area contributed by atoms with Crippen LogP contribution in [0, 0.1) is 0 Å². The van der Waals surface area contributed by atoms with Crippen LogP contribution in [-0.4, -0.2) is 16.9 Å². The van der Waals surface area contributed by atoms with E-state index >= 15 is 0 Å². The molecule has 0 unspecified atom stereocenters. The van der Waals surface area contributed by atoms with Gasteiger partial charge in [0.15, 0.2) is 0 Å². The fraction of sp³-hybridized carbons (Fsp3) is 0.462. The summed E-state index contributed by atoms with van der Waals surface area (Å²) in [7, 11) is 0. The highest BCUT2D eigenvalue weighted by molar-refractivity contribution is 7.99. The second-order valence-corrected chi connectivity index (χ2v) is 6.20. The maximum Gasteiger partial charge on any atom is 0.416 e. The molecule has 0 aliphatic carbocycles. The number of halogens is 3. The zero-order valence-electron chi connectivity index (χ0n) is 11.3. The van der Waals surface area contributed by atoms with E-state index in [1.165, 1.54) is 6.07 Å². The lowest BCUT2D eigenvalue weighted by molar-refractivity contribution is -0.137. The van der Waals surface area contributed by atoms with E-state index in [1.807, 2.05) is 13.8 Å². The Kier molecular flexibility index (Phi) is 5.74. The third kappa shape index (κ3) is 5.32. The molecular formula is C13H17F3N2OS. The minimum atomic E-state index is -4.44. The van der Waals surface area contributed by atoms with Gasteiger partial charge in [-0.25, -0.2) is 0 Å². The third-order valence-corrected chi connectivity index (χ3v) is 3.54. The zero-order valence-corrected chi connectivity index (χ0v) is 12.1. The molecule has 0 spiro atoms. The van der Waals surface area contributed by atoms with Crippen molar-refractivity contribution < 1.29 is 18.0 Å². The van der Waals surface area contributed by atoms with E-state index in [4.69, 9.17) is 5.73 Å². The summed E-state index contributed by atoms with van der Waals surface area (Å²) in [6.07, 6.45) is -4.14. The van der Waals surface area contributed by atoms with E-state index in [2.05, 4.69) is 5.32 Å². The lowest BCUT2D eigenvalue weighted by Crippen LogP contribution is -2.14. The van der Waals surface area contributed by atoms with Crippen LogP contribution in [0.25, 0.3) is 0 Å². The Morgan fingerprint density at radius 3 is 2.55 bits per heavy atom. The minimum Gasteiger partial charge on any atom is -0.397 e. The van der Waals surface area contributed by atoms with Crippen molar-refractivity contribution in [3.63, 3.8) is 0 Å². The van der Waals surface area contributed by atoms with Crippen LogP contribution in [0.2, 0.25) is 0 Å². The average Bonchev–Trinajstić information content (AvgIpc) is 2.29. The van der Waals surface area contributed by atoms with Gasteiger partial charge in [-0.15, -0.1) is 0 Å². The minimum absolute atomic E-state index is 0.0929. The Morgan fingerprint density at radius 1 is 1.40 bits per heavy atom. The summed E-state index contributed by atoms with van der Waals surface area (Å²) in [5, 5.41) is 2.95. The number of amides is 1. The molecule has 0 radical (unpaired) electrons. The topological polar surface area (TPSA) is 55.1 Å². The van der Waals surface area contributed by atoms with Gasteiger partial charge in [0.1, 0.15) is 0 Å². The van der Waals surface area contributed by atoms with Crippen molar-refractivity contribution in [3.05, 3.63) is 23.8 Å². The van der Waals surface area contributed by atoms with Crippen LogP contribution in [0.4, 0.5) is 24.5 Å². The van der Waals surface area contributed by atoms with Crippen molar-refractivity contribution in [2.75, 3.05) is 16.8 Å². The fourth-order valence-corrected chi connectivity index (χ4v) is 2.23. The smallest absolute Gasteiger partial charge is 0.397 e. The number of thioether (sulfide) groups is 1. The number of nitrogens with two attached hydrogens (primary N) is 1. The lowest BCUT2D eigenvalue weighted by atomic mass is 10.1. The van der Waals surface area contributed by atoms with Crippen molar-refractivity contribution in [1.29, 1.82) is 0 Å². The predicted molar refractivity (Wildman–Crippen MR) is 76.7 cm³/mol. The Balaban J connectivity index is 2.62. The maximum atomic E-state index is 12.5. The van der Waals surface area contributed by atoms with Crippen LogP contribution >= 0.6 is 11.8 Å². The first-order chi connectivity index (χ1) is 9.20. The monoisotopic (exact) mass is 306 g/mol. The number of hydrogen-bond acceptors (Lipinski definition) is 3. The summed E-state index contributed by atoms with van der Waals surface area (Å²) < 4.78 is 37.4. The standard InChI is InChI=1S/C13H17F3N2OS/c1-8(2)20-6-5-12(19)18-11-4-3-9(7-10(11)17)13(14,15)16/h3-4,7-8H,5-6,17H2,1-2H3,(H,18,19). The van der Waals surface area contributed by atoms with Crippen LogP contribution in [0.15, 0.2) is 18.2 Å². The second-order valence-electron chi connectivity index (χ2n) is 4.52. The molecule has 0 bridgehead atoms. The molecule has 0 aliphatic rings. The number of carbonyl (C=O) groups excluding carboxylic acids is 1. The molecule has 0 saturated carbocycles. The molecule has 1 amide bonds. The predicted octanol–water partition coefficient (Wildman–Crippen LogP) is 3.76. The van der Waals surface area contributed by atoms with Crippen LogP contribution in [0.3, 0.4) is 0 Å². The first-order valence-electron chi connectivity index (χ1n) is 6.08. The Labute approximate surface area is 120 Å². The highest BCUT2D eigenvalue weighted by atomic mass is 32.2. The molecule has 0 heterocycles. The Bertz CT molecular complexity index is 475. The maximum absolute atomic E-state index is 12.5. The average molecular weight is 306 g/mol. The molecule has 3 nitrogen and oxygen atoms in total. The molecule has 1 aromatic carbocycles. The van der Waals surface area contributed by atoms with Crippen molar-refractivity contribution in [2.45, 2.75) is 31.7 Å². The molecular weight excluding hydrogens is 289 g/mol. The first kappa shape index (κ1) is 16.7. The molecule has 3 N–H and O–H groups in total. The molecule has 7 heteroatoms. The second kappa shape index (κ2) is 6.88. The van der Waals surface area contributed by atoms with Gasteiger partial charge < -0.3 is 11.1 Å². The molecule has 112 valence electrons. The Morgan fingerprint density at radius 2 is 2.05 bits per heavy atom. The van der Waals surface area contributed by atoms with Crippen LogP contribution in [-0.2, 0) is 11.0 Å². The van der Waals surface area contributed by atoms with E-state index < -0.39 is 11.7 Å². The summed E-state index contributed by atoms with van der Waals surface area (Å²) in [5.41, 5.74) is 4.81. The van der Waals surface area contributed by atoms with Crippen molar-refractivity contribution >= 4 is 29.0 Å². The van der Waals surface area contributed by atoms with E-state index in [-0.39, 0.29) is 17.3 Å². The van der Waals surface area contributed by atoms with Gasteiger partial charge in [-0.1, -0.05) is 13.8 Å². The van der Waals surface area contributed by atoms with Gasteiger partial charge in [-0.3, -0.25) is 4.79 Å². The number of benzene rings is 1.